The Bertz CT molecular complexity index is 298. The number of esters is 1. The fourth-order valence-electron chi connectivity index (χ4n) is 3.56. The van der Waals surface area contributed by atoms with E-state index >= 15 is 0 Å². The van der Waals surface area contributed by atoms with E-state index < -0.39 is 0 Å². The molecule has 0 aliphatic heterocycles. The van der Waals surface area contributed by atoms with Crippen LogP contribution in [0, 0.1) is 22.7 Å². The maximum atomic E-state index is 11.2. The number of rotatable bonds is 2. The summed E-state index contributed by atoms with van der Waals surface area (Å²) in [5.74, 6) is 0.388. The molecule has 0 aromatic rings. The van der Waals surface area contributed by atoms with E-state index in [2.05, 4.69) is 34.6 Å². The van der Waals surface area contributed by atoms with Gasteiger partial charge in [-0.15, -0.1) is 0 Å². The van der Waals surface area contributed by atoms with Crippen molar-refractivity contribution in [2.75, 3.05) is 6.61 Å². The van der Waals surface area contributed by atoms with Gasteiger partial charge in [0.25, 0.3) is 0 Å². The molecule has 0 spiro atoms. The van der Waals surface area contributed by atoms with E-state index in [9.17, 15) is 9.90 Å². The van der Waals surface area contributed by atoms with Crippen molar-refractivity contribution in [2.45, 2.75) is 54.1 Å². The van der Waals surface area contributed by atoms with Crippen LogP contribution in [0.15, 0.2) is 0 Å². The molecule has 0 radical (unpaired) electrons. The van der Waals surface area contributed by atoms with Crippen LogP contribution in [0.1, 0.15) is 48.0 Å². The van der Waals surface area contributed by atoms with Crippen LogP contribution >= 0.6 is 0 Å². The predicted molar refractivity (Wildman–Crippen MR) is 67.5 cm³/mol. The zero-order valence-corrected chi connectivity index (χ0v) is 11.9. The molecule has 4 unspecified atom stereocenters. The molecule has 1 fully saturated rings. The molecule has 0 amide bonds. The fourth-order valence-corrected chi connectivity index (χ4v) is 3.56. The van der Waals surface area contributed by atoms with Crippen LogP contribution in [0.5, 0.6) is 0 Å². The van der Waals surface area contributed by atoms with Crippen LogP contribution in [-0.4, -0.2) is 23.8 Å². The van der Waals surface area contributed by atoms with Gasteiger partial charge in [-0.1, -0.05) is 34.6 Å². The Morgan fingerprint density at radius 1 is 1.35 bits per heavy atom. The molecule has 0 aromatic carbocycles. The summed E-state index contributed by atoms with van der Waals surface area (Å²) < 4.78 is 5.51. The largest absolute Gasteiger partial charge is 0.462 e. The van der Waals surface area contributed by atoms with E-state index in [0.717, 1.165) is 6.42 Å². The maximum Gasteiger partial charge on any atom is 0.302 e. The molecule has 1 N–H and O–H groups in total. The molecule has 1 rings (SSSR count). The minimum absolute atomic E-state index is 0.0605. The summed E-state index contributed by atoms with van der Waals surface area (Å²) >= 11 is 0. The van der Waals surface area contributed by atoms with Crippen LogP contribution in [0.25, 0.3) is 0 Å². The molecule has 3 heteroatoms. The average molecular weight is 242 g/mol. The molecule has 1 saturated carbocycles. The molecular weight excluding hydrogens is 216 g/mol. The van der Waals surface area contributed by atoms with Crippen molar-refractivity contribution >= 4 is 5.97 Å². The van der Waals surface area contributed by atoms with Gasteiger partial charge in [-0.25, -0.2) is 0 Å². The third-order valence-corrected chi connectivity index (χ3v) is 4.65. The summed E-state index contributed by atoms with van der Waals surface area (Å²) in [6.07, 6.45) is 0.814. The monoisotopic (exact) mass is 242 g/mol. The number of aliphatic hydroxyl groups is 1. The minimum Gasteiger partial charge on any atom is -0.462 e. The van der Waals surface area contributed by atoms with Gasteiger partial charge in [0, 0.05) is 18.9 Å². The summed E-state index contributed by atoms with van der Waals surface area (Å²) in [6, 6.07) is 0. The molecule has 0 saturated heterocycles. The van der Waals surface area contributed by atoms with Crippen LogP contribution in [0.4, 0.5) is 0 Å². The summed E-state index contributed by atoms with van der Waals surface area (Å²) in [5, 5.41) is 9.63. The molecule has 1 aliphatic rings. The van der Waals surface area contributed by atoms with E-state index in [1.807, 2.05) is 0 Å². The standard InChI is InChI=1S/C14H26O3/c1-9-10(2)14(6,8-15)7-13(4,5)12(9)17-11(3)16/h9-10,12,15H,7-8H2,1-6H3. The molecule has 0 aromatic heterocycles. The van der Waals surface area contributed by atoms with Crippen LogP contribution in [-0.2, 0) is 9.53 Å². The van der Waals surface area contributed by atoms with Crippen molar-refractivity contribution in [3.63, 3.8) is 0 Å². The van der Waals surface area contributed by atoms with Gasteiger partial charge in [0.1, 0.15) is 6.10 Å². The quantitative estimate of drug-likeness (QED) is 0.757. The first-order valence-corrected chi connectivity index (χ1v) is 6.42. The van der Waals surface area contributed by atoms with Gasteiger partial charge < -0.3 is 9.84 Å². The zero-order valence-electron chi connectivity index (χ0n) is 11.9. The van der Waals surface area contributed by atoms with E-state index in [-0.39, 0.29) is 35.4 Å². The molecule has 100 valence electrons. The Balaban J connectivity index is 3.00. The molecule has 1 aliphatic carbocycles. The average Bonchev–Trinajstić information content (AvgIpc) is 2.21. The number of carbonyl (C=O) groups is 1. The first-order chi connectivity index (χ1) is 7.64. The number of aliphatic hydroxyl groups excluding tert-OH is 1. The molecular formula is C14H26O3. The Morgan fingerprint density at radius 3 is 2.29 bits per heavy atom. The number of hydrogen-bond donors (Lipinski definition) is 1. The van der Waals surface area contributed by atoms with Gasteiger partial charge in [0.05, 0.1) is 0 Å². The Kier molecular flexibility index (Phi) is 3.92. The third-order valence-electron chi connectivity index (χ3n) is 4.65. The first kappa shape index (κ1) is 14.5. The second kappa shape index (κ2) is 4.60. The predicted octanol–water partition coefficient (Wildman–Crippen LogP) is 2.62. The number of hydrogen-bond acceptors (Lipinski definition) is 3. The summed E-state index contributed by atoms with van der Waals surface area (Å²) in [7, 11) is 0. The van der Waals surface area contributed by atoms with Gasteiger partial charge in [-0.3, -0.25) is 4.79 Å². The lowest BCUT2D eigenvalue weighted by Crippen LogP contribution is -2.53. The van der Waals surface area contributed by atoms with Crippen molar-refractivity contribution in [3.05, 3.63) is 0 Å². The summed E-state index contributed by atoms with van der Waals surface area (Å²) in [6.45, 7) is 12.3. The van der Waals surface area contributed by atoms with E-state index in [1.54, 1.807) is 0 Å². The molecule has 3 nitrogen and oxygen atoms in total. The summed E-state index contributed by atoms with van der Waals surface area (Å²) in [5.41, 5.74) is -0.172. The Labute approximate surface area is 105 Å². The first-order valence-electron chi connectivity index (χ1n) is 6.42. The van der Waals surface area contributed by atoms with Gasteiger partial charge in [-0.05, 0) is 23.7 Å². The highest BCUT2D eigenvalue weighted by molar-refractivity contribution is 5.66. The van der Waals surface area contributed by atoms with Crippen molar-refractivity contribution < 1.29 is 14.6 Å². The van der Waals surface area contributed by atoms with Crippen molar-refractivity contribution in [1.82, 2.24) is 0 Å². The number of carbonyl (C=O) groups excluding carboxylic acids is 1. The SMILES string of the molecule is CC(=O)OC1C(C)C(C)C(C)(CO)CC1(C)C. The maximum absolute atomic E-state index is 11.2. The van der Waals surface area contributed by atoms with Crippen LogP contribution in [0.3, 0.4) is 0 Å². The van der Waals surface area contributed by atoms with Gasteiger partial charge >= 0.3 is 5.97 Å². The molecule has 0 bridgehead atoms. The lowest BCUT2D eigenvalue weighted by atomic mass is 9.55. The Morgan fingerprint density at radius 2 is 1.88 bits per heavy atom. The lowest BCUT2D eigenvalue weighted by Gasteiger charge is -2.53. The zero-order chi connectivity index (χ0) is 13.4. The lowest BCUT2D eigenvalue weighted by molar-refractivity contribution is -0.176. The van der Waals surface area contributed by atoms with Crippen molar-refractivity contribution in [3.8, 4) is 0 Å². The highest BCUT2D eigenvalue weighted by Gasteiger charge is 2.52. The molecule has 17 heavy (non-hydrogen) atoms. The van der Waals surface area contributed by atoms with Crippen LogP contribution < -0.4 is 0 Å². The number of ether oxygens (including phenoxy) is 1. The fraction of sp³-hybridized carbons (Fsp3) is 0.929. The van der Waals surface area contributed by atoms with Crippen molar-refractivity contribution in [2.24, 2.45) is 22.7 Å². The second-order valence-corrected chi connectivity index (χ2v) is 6.66. The topological polar surface area (TPSA) is 46.5 Å². The van der Waals surface area contributed by atoms with E-state index in [0.29, 0.717) is 5.92 Å². The van der Waals surface area contributed by atoms with Gasteiger partial charge in [-0.2, -0.15) is 0 Å². The smallest absolute Gasteiger partial charge is 0.302 e. The van der Waals surface area contributed by atoms with Gasteiger partial charge in [0.2, 0.25) is 0 Å². The van der Waals surface area contributed by atoms with Crippen molar-refractivity contribution in [1.29, 1.82) is 0 Å². The van der Waals surface area contributed by atoms with Crippen LogP contribution in [0.2, 0.25) is 0 Å². The second-order valence-electron chi connectivity index (χ2n) is 6.66. The molecule has 0 heterocycles. The van der Waals surface area contributed by atoms with E-state index in [1.165, 1.54) is 6.92 Å². The minimum atomic E-state index is -0.213. The summed E-state index contributed by atoms with van der Waals surface area (Å²) in [4.78, 5) is 11.2. The highest BCUT2D eigenvalue weighted by atomic mass is 16.5. The highest BCUT2D eigenvalue weighted by Crippen LogP contribution is 2.52. The van der Waals surface area contributed by atoms with E-state index in [4.69, 9.17) is 4.74 Å². The van der Waals surface area contributed by atoms with Gasteiger partial charge in [0.15, 0.2) is 0 Å². The third kappa shape index (κ3) is 2.65. The Hall–Kier alpha value is -0.570. The molecule has 4 atom stereocenters. The normalized spacial score (nSPS) is 41.0.